The van der Waals surface area contributed by atoms with Crippen molar-refractivity contribution in [2.75, 3.05) is 19.6 Å². The van der Waals surface area contributed by atoms with Gasteiger partial charge in [0.05, 0.1) is 0 Å². The van der Waals surface area contributed by atoms with E-state index in [-0.39, 0.29) is 0 Å². The maximum absolute atomic E-state index is 3.77. The summed E-state index contributed by atoms with van der Waals surface area (Å²) in [6.45, 7) is 9.74. The van der Waals surface area contributed by atoms with Crippen LogP contribution in [0, 0.1) is 5.92 Å². The molecule has 0 saturated carbocycles. The topological polar surface area (TPSA) is 3.24 Å². The molecule has 1 saturated heterocycles. The van der Waals surface area contributed by atoms with Crippen molar-refractivity contribution in [3.8, 4) is 0 Å². The highest BCUT2D eigenvalue weighted by Crippen LogP contribution is 2.14. The van der Waals surface area contributed by atoms with E-state index < -0.39 is 0 Å². The van der Waals surface area contributed by atoms with Crippen molar-refractivity contribution in [3.05, 3.63) is 12.7 Å². The molecule has 1 nitrogen and oxygen atoms in total. The second-order valence-electron chi connectivity index (χ2n) is 3.65. The zero-order valence-corrected chi connectivity index (χ0v) is 7.55. The molecule has 1 rings (SSSR count). The Kier molecular flexibility index (Phi) is 3.64. The largest absolute Gasteiger partial charge is 0.299 e. The Balaban J connectivity index is 2.32. The summed E-state index contributed by atoms with van der Waals surface area (Å²) in [6.07, 6.45) is 6.21. The van der Waals surface area contributed by atoms with Crippen LogP contribution in [0.2, 0.25) is 0 Å². The van der Waals surface area contributed by atoms with E-state index in [1.807, 2.05) is 6.08 Å². The molecule has 0 aromatic carbocycles. The number of hydrogen-bond donors (Lipinski definition) is 0. The summed E-state index contributed by atoms with van der Waals surface area (Å²) >= 11 is 0. The van der Waals surface area contributed by atoms with Crippen LogP contribution >= 0.6 is 0 Å². The Morgan fingerprint density at radius 2 is 2.36 bits per heavy atom. The number of likely N-dealkylation sites (tertiary alicyclic amines) is 1. The van der Waals surface area contributed by atoms with E-state index in [0.717, 1.165) is 12.5 Å². The smallest absolute Gasteiger partial charge is 0.0160 e. The van der Waals surface area contributed by atoms with Gasteiger partial charge in [0.25, 0.3) is 0 Å². The van der Waals surface area contributed by atoms with Crippen LogP contribution in [-0.2, 0) is 0 Å². The Labute approximate surface area is 70.1 Å². The molecule has 0 amide bonds. The van der Waals surface area contributed by atoms with Crippen molar-refractivity contribution < 1.29 is 0 Å². The van der Waals surface area contributed by atoms with Crippen LogP contribution in [0.3, 0.4) is 0 Å². The van der Waals surface area contributed by atoms with Crippen LogP contribution in [0.15, 0.2) is 12.7 Å². The van der Waals surface area contributed by atoms with Crippen LogP contribution < -0.4 is 0 Å². The van der Waals surface area contributed by atoms with E-state index in [4.69, 9.17) is 0 Å². The van der Waals surface area contributed by atoms with Gasteiger partial charge in [0.1, 0.15) is 0 Å². The van der Waals surface area contributed by atoms with Crippen molar-refractivity contribution in [1.82, 2.24) is 4.90 Å². The van der Waals surface area contributed by atoms with Crippen molar-refractivity contribution in [2.24, 2.45) is 5.92 Å². The lowest BCUT2D eigenvalue weighted by molar-refractivity contribution is 0.282. The van der Waals surface area contributed by atoms with Crippen LogP contribution in [0.4, 0.5) is 0 Å². The molecule has 1 aliphatic heterocycles. The minimum absolute atomic E-state index is 0.887. The first-order valence-corrected chi connectivity index (χ1v) is 4.66. The lowest BCUT2D eigenvalue weighted by Gasteiger charge is -2.19. The summed E-state index contributed by atoms with van der Waals surface area (Å²) in [6, 6.07) is 0. The zero-order chi connectivity index (χ0) is 8.10. The Morgan fingerprint density at radius 1 is 1.55 bits per heavy atom. The molecule has 1 aliphatic rings. The molecule has 1 atom stereocenters. The van der Waals surface area contributed by atoms with Crippen LogP contribution in [0.25, 0.3) is 0 Å². The molecule has 0 bridgehead atoms. The van der Waals surface area contributed by atoms with Gasteiger partial charge in [0.2, 0.25) is 0 Å². The summed E-state index contributed by atoms with van der Waals surface area (Å²) in [4.78, 5) is 2.50. The van der Waals surface area contributed by atoms with Crippen LogP contribution in [0.5, 0.6) is 0 Å². The maximum atomic E-state index is 3.77. The monoisotopic (exact) mass is 153 g/mol. The molecule has 0 aromatic heterocycles. The fraction of sp³-hybridized carbons (Fsp3) is 0.800. The molecule has 0 aromatic rings. The molecule has 0 spiro atoms. The first kappa shape index (κ1) is 8.79. The molecule has 0 radical (unpaired) electrons. The zero-order valence-electron chi connectivity index (χ0n) is 7.55. The molecule has 1 fully saturated rings. The number of hydrogen-bond acceptors (Lipinski definition) is 1. The highest BCUT2D eigenvalue weighted by Gasteiger charge is 2.12. The summed E-state index contributed by atoms with van der Waals surface area (Å²) in [5.74, 6) is 0.887. The Morgan fingerprint density at radius 3 is 3.09 bits per heavy atom. The van der Waals surface area contributed by atoms with Gasteiger partial charge in [-0.05, 0) is 25.3 Å². The molecule has 1 heteroatoms. The minimum Gasteiger partial charge on any atom is -0.299 e. The predicted molar refractivity (Wildman–Crippen MR) is 49.7 cm³/mol. The number of rotatable bonds is 2. The highest BCUT2D eigenvalue weighted by atomic mass is 15.1. The molecular formula is C10H19N. The minimum atomic E-state index is 0.887. The first-order chi connectivity index (χ1) is 5.33. The second kappa shape index (κ2) is 4.55. The van der Waals surface area contributed by atoms with Crippen LogP contribution in [0.1, 0.15) is 26.2 Å². The number of nitrogens with zero attached hydrogens (tertiary/aromatic N) is 1. The standard InChI is InChI=1S/C10H19N/c1-3-7-11-8-5-4-6-10(2)9-11/h3,10H,1,4-9H2,2H3. The molecule has 0 aliphatic carbocycles. The Hall–Kier alpha value is -0.300. The van der Waals surface area contributed by atoms with E-state index in [0.29, 0.717) is 0 Å². The predicted octanol–water partition coefficient (Wildman–Crippen LogP) is 2.29. The van der Waals surface area contributed by atoms with E-state index in [2.05, 4.69) is 18.4 Å². The Bertz CT molecular complexity index is 120. The van der Waals surface area contributed by atoms with Gasteiger partial charge in [0.15, 0.2) is 0 Å². The normalized spacial score (nSPS) is 27.9. The third-order valence-corrected chi connectivity index (χ3v) is 2.38. The van der Waals surface area contributed by atoms with E-state index >= 15 is 0 Å². The fourth-order valence-electron chi connectivity index (χ4n) is 1.80. The summed E-state index contributed by atoms with van der Waals surface area (Å²) in [7, 11) is 0. The third kappa shape index (κ3) is 3.06. The summed E-state index contributed by atoms with van der Waals surface area (Å²) in [5.41, 5.74) is 0. The van der Waals surface area contributed by atoms with Gasteiger partial charge in [0, 0.05) is 13.1 Å². The molecule has 1 unspecified atom stereocenters. The third-order valence-electron chi connectivity index (χ3n) is 2.38. The summed E-state index contributed by atoms with van der Waals surface area (Å²) < 4.78 is 0. The van der Waals surface area contributed by atoms with Gasteiger partial charge in [-0.2, -0.15) is 0 Å². The van der Waals surface area contributed by atoms with Crippen molar-refractivity contribution in [1.29, 1.82) is 0 Å². The highest BCUT2D eigenvalue weighted by molar-refractivity contribution is 4.76. The molecule has 1 heterocycles. The van der Waals surface area contributed by atoms with Gasteiger partial charge in [-0.3, -0.25) is 4.90 Å². The quantitative estimate of drug-likeness (QED) is 0.550. The maximum Gasteiger partial charge on any atom is 0.0160 e. The van der Waals surface area contributed by atoms with Gasteiger partial charge >= 0.3 is 0 Å². The van der Waals surface area contributed by atoms with E-state index in [1.54, 1.807) is 0 Å². The van der Waals surface area contributed by atoms with Gasteiger partial charge in [-0.25, -0.2) is 0 Å². The fourth-order valence-corrected chi connectivity index (χ4v) is 1.80. The van der Waals surface area contributed by atoms with Gasteiger partial charge < -0.3 is 0 Å². The average molecular weight is 153 g/mol. The van der Waals surface area contributed by atoms with Crippen molar-refractivity contribution in [3.63, 3.8) is 0 Å². The van der Waals surface area contributed by atoms with Crippen LogP contribution in [-0.4, -0.2) is 24.5 Å². The van der Waals surface area contributed by atoms with Crippen molar-refractivity contribution in [2.45, 2.75) is 26.2 Å². The first-order valence-electron chi connectivity index (χ1n) is 4.66. The molecule has 11 heavy (non-hydrogen) atoms. The van der Waals surface area contributed by atoms with Crippen molar-refractivity contribution >= 4 is 0 Å². The molecule has 0 N–H and O–H groups in total. The summed E-state index contributed by atoms with van der Waals surface area (Å²) in [5, 5.41) is 0. The van der Waals surface area contributed by atoms with Gasteiger partial charge in [-0.15, -0.1) is 6.58 Å². The average Bonchev–Trinajstić information content (AvgIpc) is 2.15. The lowest BCUT2D eigenvalue weighted by Crippen LogP contribution is -2.27. The second-order valence-corrected chi connectivity index (χ2v) is 3.65. The van der Waals surface area contributed by atoms with E-state index in [1.165, 1.54) is 32.4 Å². The van der Waals surface area contributed by atoms with Gasteiger partial charge in [-0.1, -0.05) is 19.4 Å². The lowest BCUT2D eigenvalue weighted by atomic mass is 10.1. The molecule has 64 valence electrons. The molecular weight excluding hydrogens is 134 g/mol. The van der Waals surface area contributed by atoms with E-state index in [9.17, 15) is 0 Å². The SMILES string of the molecule is C=CCN1CCCCC(C)C1.